The summed E-state index contributed by atoms with van der Waals surface area (Å²) in [5.41, 5.74) is 0.545. The second-order valence-corrected chi connectivity index (χ2v) is 4.41. The zero-order valence-corrected chi connectivity index (χ0v) is 9.93. The highest BCUT2D eigenvalue weighted by Gasteiger charge is 2.26. The molecular weight excluding hydrogens is 218 g/mol. The average molecular weight is 235 g/mol. The van der Waals surface area contributed by atoms with Crippen LogP contribution in [0.1, 0.15) is 16.8 Å². The minimum absolute atomic E-state index is 0.0143. The predicted octanol–water partition coefficient (Wildman–Crippen LogP) is 1.50. The average Bonchev–Trinajstić information content (AvgIpc) is 2.77. The number of phenols is 1. The summed E-state index contributed by atoms with van der Waals surface area (Å²) in [4.78, 5) is 13.9. The lowest BCUT2D eigenvalue weighted by atomic mass is 10.1. The third kappa shape index (κ3) is 2.77. The molecule has 1 N–H and O–H groups in total. The van der Waals surface area contributed by atoms with E-state index in [-0.39, 0.29) is 11.7 Å². The molecule has 0 spiro atoms. The quantitative estimate of drug-likeness (QED) is 0.863. The van der Waals surface area contributed by atoms with E-state index in [2.05, 4.69) is 0 Å². The van der Waals surface area contributed by atoms with Gasteiger partial charge in [-0.2, -0.15) is 0 Å². The van der Waals surface area contributed by atoms with Gasteiger partial charge < -0.3 is 14.7 Å². The van der Waals surface area contributed by atoms with Gasteiger partial charge in [0.1, 0.15) is 5.75 Å². The number of benzene rings is 1. The van der Waals surface area contributed by atoms with E-state index in [1.165, 1.54) is 6.07 Å². The Morgan fingerprint density at radius 1 is 1.59 bits per heavy atom. The number of carbonyl (C=O) groups excluding carboxylic acids is 1. The number of carbonyl (C=O) groups is 1. The number of amides is 1. The normalized spacial score (nSPS) is 19.6. The number of hydrogen-bond donors (Lipinski definition) is 1. The number of likely N-dealkylation sites (tertiary alicyclic amines) is 1. The molecular formula is C13H17NO3. The summed E-state index contributed by atoms with van der Waals surface area (Å²) in [7, 11) is 1.68. The van der Waals surface area contributed by atoms with Crippen LogP contribution in [-0.4, -0.2) is 42.7 Å². The van der Waals surface area contributed by atoms with Gasteiger partial charge in [-0.3, -0.25) is 4.79 Å². The van der Waals surface area contributed by atoms with E-state index in [1.807, 2.05) is 4.90 Å². The number of phenolic OH excluding ortho intramolecular Hbond substituents is 1. The molecule has 1 aromatic carbocycles. The first-order valence-corrected chi connectivity index (χ1v) is 5.78. The van der Waals surface area contributed by atoms with Gasteiger partial charge in [0.25, 0.3) is 5.91 Å². The number of hydrogen-bond acceptors (Lipinski definition) is 3. The molecule has 4 heteroatoms. The summed E-state index contributed by atoms with van der Waals surface area (Å²) in [5.74, 6) is 0.546. The van der Waals surface area contributed by atoms with Crippen LogP contribution >= 0.6 is 0 Å². The first-order chi connectivity index (χ1) is 8.20. The van der Waals surface area contributed by atoms with Crippen LogP contribution in [0.4, 0.5) is 0 Å². The van der Waals surface area contributed by atoms with E-state index >= 15 is 0 Å². The van der Waals surface area contributed by atoms with Gasteiger partial charge in [-0.05, 0) is 24.6 Å². The largest absolute Gasteiger partial charge is 0.508 e. The number of methoxy groups -OCH3 is 1. The maximum atomic E-state index is 12.1. The van der Waals surface area contributed by atoms with Gasteiger partial charge in [0.15, 0.2) is 0 Å². The van der Waals surface area contributed by atoms with Crippen LogP contribution in [0.15, 0.2) is 24.3 Å². The second-order valence-electron chi connectivity index (χ2n) is 4.41. The van der Waals surface area contributed by atoms with Gasteiger partial charge >= 0.3 is 0 Å². The summed E-state index contributed by atoms with van der Waals surface area (Å²) < 4.78 is 5.10. The molecule has 1 aromatic rings. The van der Waals surface area contributed by atoms with Crippen molar-refractivity contribution >= 4 is 5.91 Å². The van der Waals surface area contributed by atoms with Crippen LogP contribution in [0.3, 0.4) is 0 Å². The van der Waals surface area contributed by atoms with Crippen molar-refractivity contribution in [2.24, 2.45) is 5.92 Å². The third-order valence-corrected chi connectivity index (χ3v) is 3.07. The van der Waals surface area contributed by atoms with Crippen LogP contribution in [-0.2, 0) is 4.74 Å². The van der Waals surface area contributed by atoms with E-state index in [4.69, 9.17) is 4.74 Å². The Morgan fingerprint density at radius 3 is 3.12 bits per heavy atom. The maximum Gasteiger partial charge on any atom is 0.253 e. The highest BCUT2D eigenvalue weighted by atomic mass is 16.5. The molecule has 1 heterocycles. The zero-order chi connectivity index (χ0) is 12.3. The lowest BCUT2D eigenvalue weighted by molar-refractivity contribution is 0.0775. The molecule has 0 aliphatic carbocycles. The van der Waals surface area contributed by atoms with Crippen molar-refractivity contribution in [3.8, 4) is 5.75 Å². The van der Waals surface area contributed by atoms with Crippen LogP contribution in [0.5, 0.6) is 5.75 Å². The fourth-order valence-corrected chi connectivity index (χ4v) is 2.21. The van der Waals surface area contributed by atoms with Gasteiger partial charge in [-0.1, -0.05) is 6.07 Å². The number of nitrogens with zero attached hydrogens (tertiary/aromatic N) is 1. The lowest BCUT2D eigenvalue weighted by Gasteiger charge is -2.16. The molecule has 1 fully saturated rings. The first-order valence-electron chi connectivity index (χ1n) is 5.78. The molecule has 1 atom stereocenters. The number of ether oxygens (including phenoxy) is 1. The summed E-state index contributed by atoms with van der Waals surface area (Å²) in [6.45, 7) is 2.20. The van der Waals surface area contributed by atoms with Crippen molar-refractivity contribution in [1.82, 2.24) is 4.90 Å². The molecule has 0 radical (unpaired) electrons. The summed E-state index contributed by atoms with van der Waals surface area (Å²) in [6.07, 6.45) is 0.985. The Labute approximate surface area is 101 Å². The summed E-state index contributed by atoms with van der Waals surface area (Å²) in [6, 6.07) is 6.48. The Balaban J connectivity index is 2.02. The molecule has 4 nitrogen and oxygen atoms in total. The first kappa shape index (κ1) is 11.9. The van der Waals surface area contributed by atoms with Crippen LogP contribution in [0.2, 0.25) is 0 Å². The highest BCUT2D eigenvalue weighted by molar-refractivity contribution is 5.94. The Bertz CT molecular complexity index is 405. The Hall–Kier alpha value is -1.55. The highest BCUT2D eigenvalue weighted by Crippen LogP contribution is 2.20. The molecule has 0 aromatic heterocycles. The van der Waals surface area contributed by atoms with E-state index in [1.54, 1.807) is 25.3 Å². The van der Waals surface area contributed by atoms with Crippen molar-refractivity contribution in [2.75, 3.05) is 26.8 Å². The Morgan fingerprint density at radius 2 is 2.41 bits per heavy atom. The van der Waals surface area contributed by atoms with Crippen molar-refractivity contribution in [2.45, 2.75) is 6.42 Å². The smallest absolute Gasteiger partial charge is 0.253 e. The van der Waals surface area contributed by atoms with Crippen LogP contribution in [0, 0.1) is 5.92 Å². The van der Waals surface area contributed by atoms with Gasteiger partial charge in [-0.15, -0.1) is 0 Å². The van der Waals surface area contributed by atoms with Gasteiger partial charge in [-0.25, -0.2) is 0 Å². The summed E-state index contributed by atoms with van der Waals surface area (Å²) in [5, 5.41) is 9.35. The minimum Gasteiger partial charge on any atom is -0.508 e. The standard InChI is InChI=1S/C13H17NO3/c1-17-9-10-5-6-14(8-10)13(16)11-3-2-4-12(15)7-11/h2-4,7,10,15H,5-6,8-9H2,1H3. The summed E-state index contributed by atoms with van der Waals surface area (Å²) >= 11 is 0. The van der Waals surface area contributed by atoms with E-state index < -0.39 is 0 Å². The fraction of sp³-hybridized carbons (Fsp3) is 0.462. The molecule has 0 bridgehead atoms. The molecule has 1 saturated heterocycles. The number of aromatic hydroxyl groups is 1. The van der Waals surface area contributed by atoms with E-state index in [0.717, 1.165) is 19.5 Å². The molecule has 1 aliphatic rings. The Kier molecular flexibility index (Phi) is 3.64. The maximum absolute atomic E-state index is 12.1. The van der Waals surface area contributed by atoms with Gasteiger partial charge in [0.05, 0.1) is 6.61 Å². The van der Waals surface area contributed by atoms with Crippen molar-refractivity contribution in [3.63, 3.8) is 0 Å². The van der Waals surface area contributed by atoms with E-state index in [9.17, 15) is 9.90 Å². The monoisotopic (exact) mass is 235 g/mol. The molecule has 1 unspecified atom stereocenters. The molecule has 17 heavy (non-hydrogen) atoms. The third-order valence-electron chi connectivity index (χ3n) is 3.07. The lowest BCUT2D eigenvalue weighted by Crippen LogP contribution is -2.29. The molecule has 2 rings (SSSR count). The molecule has 0 saturated carbocycles. The zero-order valence-electron chi connectivity index (χ0n) is 9.93. The van der Waals surface area contributed by atoms with E-state index in [0.29, 0.717) is 18.1 Å². The molecule has 1 aliphatic heterocycles. The van der Waals surface area contributed by atoms with Crippen molar-refractivity contribution < 1.29 is 14.6 Å². The number of rotatable bonds is 3. The SMILES string of the molecule is COCC1CCN(C(=O)c2cccc(O)c2)C1. The van der Waals surface area contributed by atoms with Gasteiger partial charge in [0.2, 0.25) is 0 Å². The van der Waals surface area contributed by atoms with Crippen molar-refractivity contribution in [3.05, 3.63) is 29.8 Å². The fourth-order valence-electron chi connectivity index (χ4n) is 2.21. The van der Waals surface area contributed by atoms with Gasteiger partial charge in [0, 0.05) is 31.7 Å². The second kappa shape index (κ2) is 5.19. The predicted molar refractivity (Wildman–Crippen MR) is 64.0 cm³/mol. The topological polar surface area (TPSA) is 49.8 Å². The van der Waals surface area contributed by atoms with Crippen LogP contribution in [0.25, 0.3) is 0 Å². The minimum atomic E-state index is -0.0143. The van der Waals surface area contributed by atoms with Crippen molar-refractivity contribution in [1.29, 1.82) is 0 Å². The van der Waals surface area contributed by atoms with Crippen LogP contribution < -0.4 is 0 Å². The molecule has 92 valence electrons. The molecule has 1 amide bonds.